The first-order chi connectivity index (χ1) is 12.7. The maximum atomic E-state index is 6.11. The van der Waals surface area contributed by atoms with Gasteiger partial charge in [-0.05, 0) is 73.1 Å². The molecule has 1 aliphatic carbocycles. The second kappa shape index (κ2) is 8.61. The molecule has 3 N–H and O–H groups in total. The molecule has 5 nitrogen and oxygen atoms in total. The fourth-order valence-electron chi connectivity index (χ4n) is 3.45. The molecule has 0 atom stereocenters. The number of nitrogens with zero attached hydrogens (tertiary/aromatic N) is 1. The van der Waals surface area contributed by atoms with E-state index in [4.69, 9.17) is 15.2 Å². The van der Waals surface area contributed by atoms with E-state index in [0.29, 0.717) is 12.5 Å². The molecule has 0 radical (unpaired) electrons. The van der Waals surface area contributed by atoms with Gasteiger partial charge in [0, 0.05) is 12.2 Å². The van der Waals surface area contributed by atoms with Crippen molar-refractivity contribution in [2.75, 3.05) is 26.1 Å². The number of aryl methyl sites for hydroxylation is 1. The van der Waals surface area contributed by atoms with Crippen LogP contribution < -0.4 is 20.5 Å². The third-order valence-electron chi connectivity index (χ3n) is 4.81. The third-order valence-corrected chi connectivity index (χ3v) is 4.81. The monoisotopic (exact) mass is 353 g/mol. The Morgan fingerprint density at radius 2 is 1.96 bits per heavy atom. The highest BCUT2D eigenvalue weighted by molar-refractivity contribution is 5.93. The second-order valence-corrected chi connectivity index (χ2v) is 6.47. The van der Waals surface area contributed by atoms with Crippen LogP contribution in [0.1, 0.15) is 29.5 Å². The number of aliphatic imine (C=N–C) groups is 1. The van der Waals surface area contributed by atoms with Crippen molar-refractivity contribution >= 4 is 11.6 Å². The molecule has 3 rings (SSSR count). The van der Waals surface area contributed by atoms with Crippen molar-refractivity contribution in [3.05, 3.63) is 53.1 Å². The molecule has 0 saturated heterocycles. The Kier molecular flexibility index (Phi) is 6.00. The molecular weight excluding hydrogens is 326 g/mol. The number of guanidine groups is 1. The van der Waals surface area contributed by atoms with Gasteiger partial charge in [-0.2, -0.15) is 0 Å². The van der Waals surface area contributed by atoms with Gasteiger partial charge in [0.2, 0.25) is 0 Å². The van der Waals surface area contributed by atoms with E-state index in [2.05, 4.69) is 28.5 Å². The molecule has 2 aromatic carbocycles. The molecule has 2 aromatic rings. The van der Waals surface area contributed by atoms with Gasteiger partial charge in [0.05, 0.1) is 14.2 Å². The summed E-state index contributed by atoms with van der Waals surface area (Å²) in [4.78, 5) is 4.48. The highest BCUT2D eigenvalue weighted by Gasteiger charge is 2.13. The third kappa shape index (κ3) is 4.28. The first-order valence-corrected chi connectivity index (χ1v) is 9.10. The summed E-state index contributed by atoms with van der Waals surface area (Å²) in [6.45, 7) is 0.581. The standard InChI is InChI=1S/C21H27N3O2/c1-25-17-10-11-20(26-2)16(14-17)12-13-23-21(22)24-19-9-5-7-15-6-3-4-8-18(15)19/h5,7,9-11,14H,3-4,6,8,12-13H2,1-2H3,(H3,22,23,24). The van der Waals surface area contributed by atoms with E-state index in [-0.39, 0.29) is 0 Å². The zero-order valence-corrected chi connectivity index (χ0v) is 15.5. The number of hydrogen-bond acceptors (Lipinski definition) is 3. The van der Waals surface area contributed by atoms with Crippen molar-refractivity contribution in [2.24, 2.45) is 10.7 Å². The Bertz CT molecular complexity index is 787. The first-order valence-electron chi connectivity index (χ1n) is 9.10. The topological polar surface area (TPSA) is 68.9 Å². The molecule has 0 aliphatic heterocycles. The molecule has 0 aromatic heterocycles. The molecule has 5 heteroatoms. The average molecular weight is 353 g/mol. The summed E-state index contributed by atoms with van der Waals surface area (Å²) in [6, 6.07) is 12.2. The van der Waals surface area contributed by atoms with E-state index < -0.39 is 0 Å². The molecule has 0 bridgehead atoms. The summed E-state index contributed by atoms with van der Waals surface area (Å²) >= 11 is 0. The van der Waals surface area contributed by atoms with E-state index >= 15 is 0 Å². The van der Waals surface area contributed by atoms with Gasteiger partial charge in [-0.3, -0.25) is 4.99 Å². The molecule has 0 amide bonds. The molecule has 138 valence electrons. The zero-order chi connectivity index (χ0) is 18.4. The Labute approximate surface area is 155 Å². The molecule has 0 unspecified atom stereocenters. The van der Waals surface area contributed by atoms with Crippen LogP contribution in [0.3, 0.4) is 0 Å². The minimum absolute atomic E-state index is 0.450. The highest BCUT2D eigenvalue weighted by atomic mass is 16.5. The lowest BCUT2D eigenvalue weighted by Gasteiger charge is -2.19. The molecule has 1 aliphatic rings. The van der Waals surface area contributed by atoms with Crippen LogP contribution >= 0.6 is 0 Å². The van der Waals surface area contributed by atoms with Gasteiger partial charge >= 0.3 is 0 Å². The maximum Gasteiger partial charge on any atom is 0.193 e. The van der Waals surface area contributed by atoms with Crippen molar-refractivity contribution in [1.82, 2.24) is 0 Å². The number of nitrogens with one attached hydrogen (secondary N) is 1. The highest BCUT2D eigenvalue weighted by Crippen LogP contribution is 2.28. The van der Waals surface area contributed by atoms with Crippen LogP contribution in [0, 0.1) is 0 Å². The number of fused-ring (bicyclic) bond motifs is 1. The summed E-state index contributed by atoms with van der Waals surface area (Å²) in [5.41, 5.74) is 11.1. The number of anilines is 1. The Morgan fingerprint density at radius 1 is 1.12 bits per heavy atom. The first kappa shape index (κ1) is 18.1. The molecule has 26 heavy (non-hydrogen) atoms. The second-order valence-electron chi connectivity index (χ2n) is 6.47. The largest absolute Gasteiger partial charge is 0.497 e. The minimum atomic E-state index is 0.450. The normalized spacial score (nSPS) is 13.8. The van der Waals surface area contributed by atoms with Gasteiger partial charge < -0.3 is 20.5 Å². The van der Waals surface area contributed by atoms with E-state index in [1.54, 1.807) is 14.2 Å². The smallest absolute Gasteiger partial charge is 0.193 e. The van der Waals surface area contributed by atoms with Gasteiger partial charge in [0.15, 0.2) is 5.96 Å². The Hall–Kier alpha value is -2.69. The fourth-order valence-corrected chi connectivity index (χ4v) is 3.45. The summed E-state index contributed by atoms with van der Waals surface area (Å²) in [7, 11) is 3.33. The Balaban J connectivity index is 1.65. The van der Waals surface area contributed by atoms with Crippen LogP contribution in [0.2, 0.25) is 0 Å². The van der Waals surface area contributed by atoms with Crippen LogP contribution in [0.25, 0.3) is 0 Å². The lowest BCUT2D eigenvalue weighted by molar-refractivity contribution is 0.399. The van der Waals surface area contributed by atoms with Crippen LogP contribution in [0.15, 0.2) is 41.4 Å². The Morgan fingerprint density at radius 3 is 2.77 bits per heavy atom. The molecule has 0 spiro atoms. The lowest BCUT2D eigenvalue weighted by atomic mass is 9.90. The molecular formula is C21H27N3O2. The predicted octanol–water partition coefficient (Wildman–Crippen LogP) is 3.55. The molecule has 0 saturated carbocycles. The lowest BCUT2D eigenvalue weighted by Crippen LogP contribution is -2.24. The van der Waals surface area contributed by atoms with Crippen molar-refractivity contribution in [3.8, 4) is 11.5 Å². The minimum Gasteiger partial charge on any atom is -0.497 e. The van der Waals surface area contributed by atoms with Crippen molar-refractivity contribution in [2.45, 2.75) is 32.1 Å². The number of methoxy groups -OCH3 is 2. The number of rotatable bonds is 6. The maximum absolute atomic E-state index is 6.11. The summed E-state index contributed by atoms with van der Waals surface area (Å²) < 4.78 is 10.7. The van der Waals surface area contributed by atoms with Gasteiger partial charge in [-0.25, -0.2) is 0 Å². The predicted molar refractivity (Wildman–Crippen MR) is 106 cm³/mol. The summed E-state index contributed by atoms with van der Waals surface area (Å²) in [6.07, 6.45) is 5.49. The quantitative estimate of drug-likeness (QED) is 0.615. The SMILES string of the molecule is COc1ccc(OC)c(CCN=C(N)Nc2cccc3c2CCCC3)c1. The summed E-state index contributed by atoms with van der Waals surface area (Å²) in [5, 5.41) is 3.28. The fraction of sp³-hybridized carbons (Fsp3) is 0.381. The van der Waals surface area contributed by atoms with Gasteiger partial charge in [0.1, 0.15) is 11.5 Å². The van der Waals surface area contributed by atoms with E-state index in [9.17, 15) is 0 Å². The van der Waals surface area contributed by atoms with Crippen molar-refractivity contribution < 1.29 is 9.47 Å². The van der Waals surface area contributed by atoms with Crippen LogP contribution in [-0.2, 0) is 19.3 Å². The van der Waals surface area contributed by atoms with Gasteiger partial charge in [0.25, 0.3) is 0 Å². The van der Waals surface area contributed by atoms with E-state index in [1.807, 2.05) is 18.2 Å². The van der Waals surface area contributed by atoms with Gasteiger partial charge in [-0.15, -0.1) is 0 Å². The number of nitrogens with two attached hydrogens (primary N) is 1. The van der Waals surface area contributed by atoms with E-state index in [0.717, 1.165) is 42.0 Å². The van der Waals surface area contributed by atoms with Crippen LogP contribution in [0.4, 0.5) is 5.69 Å². The molecule has 0 heterocycles. The van der Waals surface area contributed by atoms with Gasteiger partial charge in [-0.1, -0.05) is 12.1 Å². The zero-order valence-electron chi connectivity index (χ0n) is 15.5. The van der Waals surface area contributed by atoms with Crippen LogP contribution in [-0.4, -0.2) is 26.7 Å². The average Bonchev–Trinajstić information content (AvgIpc) is 2.68. The number of hydrogen-bond donors (Lipinski definition) is 2. The number of benzene rings is 2. The summed E-state index contributed by atoms with van der Waals surface area (Å²) in [5.74, 6) is 2.10. The van der Waals surface area contributed by atoms with Crippen molar-refractivity contribution in [3.63, 3.8) is 0 Å². The van der Waals surface area contributed by atoms with E-state index in [1.165, 1.54) is 24.0 Å². The number of ether oxygens (including phenoxy) is 2. The van der Waals surface area contributed by atoms with Crippen LogP contribution in [0.5, 0.6) is 11.5 Å². The van der Waals surface area contributed by atoms with Crippen molar-refractivity contribution in [1.29, 1.82) is 0 Å². The molecule has 0 fully saturated rings.